The van der Waals surface area contributed by atoms with Gasteiger partial charge in [0.15, 0.2) is 0 Å². The van der Waals surface area contributed by atoms with Crippen LogP contribution in [0.25, 0.3) is 0 Å². The molecule has 0 bridgehead atoms. The molecule has 0 radical (unpaired) electrons. The maximum Gasteiger partial charge on any atom is 0.137 e. The fourth-order valence-corrected chi connectivity index (χ4v) is 2.53. The number of nitrogens with zero attached hydrogens (tertiary/aromatic N) is 1. The van der Waals surface area contributed by atoms with Crippen molar-refractivity contribution < 1.29 is 9.84 Å². The zero-order valence-corrected chi connectivity index (χ0v) is 10.1. The molecular formula is C13H13NO2S. The van der Waals surface area contributed by atoms with Crippen LogP contribution in [0.3, 0.4) is 0 Å². The third kappa shape index (κ3) is 1.74. The molecule has 3 heterocycles. The fourth-order valence-electron chi connectivity index (χ4n) is 1.90. The lowest BCUT2D eigenvalue weighted by atomic mass is 9.90. The lowest BCUT2D eigenvalue weighted by molar-refractivity contribution is -0.152. The zero-order chi connectivity index (χ0) is 11.9. The van der Waals surface area contributed by atoms with Crippen LogP contribution in [0.4, 0.5) is 5.69 Å². The van der Waals surface area contributed by atoms with Crippen molar-refractivity contribution in [2.75, 3.05) is 18.1 Å². The van der Waals surface area contributed by atoms with Gasteiger partial charge in [-0.15, -0.1) is 0 Å². The number of rotatable bonds is 2. The summed E-state index contributed by atoms with van der Waals surface area (Å²) in [6.45, 7) is 4.73. The molecule has 0 atom stereocenters. The molecule has 1 N–H and O–H groups in total. The van der Waals surface area contributed by atoms with E-state index in [9.17, 15) is 5.11 Å². The van der Waals surface area contributed by atoms with Crippen LogP contribution in [0.2, 0.25) is 0 Å². The summed E-state index contributed by atoms with van der Waals surface area (Å²) in [6, 6.07) is 2.03. The van der Waals surface area contributed by atoms with E-state index in [1.54, 1.807) is 11.3 Å². The second-order valence-electron chi connectivity index (χ2n) is 4.29. The summed E-state index contributed by atoms with van der Waals surface area (Å²) in [6.07, 6.45) is 5.77. The number of ether oxygens (including phenoxy) is 1. The Hall–Kier alpha value is -1.36. The maximum absolute atomic E-state index is 10.2. The van der Waals surface area contributed by atoms with E-state index < -0.39 is 5.60 Å². The van der Waals surface area contributed by atoms with Crippen LogP contribution in [0.15, 0.2) is 53.0 Å². The third-order valence-corrected chi connectivity index (χ3v) is 3.71. The van der Waals surface area contributed by atoms with Gasteiger partial charge in [0.05, 0.1) is 18.9 Å². The second kappa shape index (κ2) is 3.84. The van der Waals surface area contributed by atoms with Crippen LogP contribution in [0, 0.1) is 0 Å². The summed E-state index contributed by atoms with van der Waals surface area (Å²) in [5.74, 6) is 0. The number of thiophene rings is 1. The van der Waals surface area contributed by atoms with Gasteiger partial charge in [0.1, 0.15) is 5.60 Å². The Morgan fingerprint density at radius 1 is 1.41 bits per heavy atom. The van der Waals surface area contributed by atoms with Crippen LogP contribution in [0.1, 0.15) is 0 Å². The summed E-state index contributed by atoms with van der Waals surface area (Å²) in [7, 11) is 0. The number of hydrogen-bond donors (Lipinski definition) is 1. The van der Waals surface area contributed by atoms with Gasteiger partial charge in [-0.3, -0.25) is 0 Å². The van der Waals surface area contributed by atoms with E-state index in [1.807, 2.05) is 34.7 Å². The van der Waals surface area contributed by atoms with Gasteiger partial charge >= 0.3 is 0 Å². The molecule has 0 spiro atoms. The van der Waals surface area contributed by atoms with Crippen LogP contribution in [0.5, 0.6) is 0 Å². The second-order valence-corrected chi connectivity index (χ2v) is 5.07. The van der Waals surface area contributed by atoms with Crippen molar-refractivity contribution >= 4 is 17.0 Å². The molecule has 0 unspecified atom stereocenters. The van der Waals surface area contributed by atoms with Crippen molar-refractivity contribution in [2.45, 2.75) is 5.60 Å². The van der Waals surface area contributed by atoms with Gasteiger partial charge in [-0.2, -0.15) is 11.3 Å². The highest BCUT2D eigenvalue weighted by Gasteiger charge is 2.40. The molecule has 2 aliphatic rings. The van der Waals surface area contributed by atoms with Crippen LogP contribution >= 0.6 is 11.3 Å². The monoisotopic (exact) mass is 247 g/mol. The summed E-state index contributed by atoms with van der Waals surface area (Å²) >= 11 is 1.64. The van der Waals surface area contributed by atoms with E-state index in [-0.39, 0.29) is 0 Å². The first-order valence-corrected chi connectivity index (χ1v) is 6.34. The Bertz CT molecular complexity index is 497. The molecule has 88 valence electrons. The Morgan fingerprint density at radius 2 is 2.24 bits per heavy atom. The Labute approximate surface area is 104 Å². The van der Waals surface area contributed by atoms with Gasteiger partial charge in [-0.25, -0.2) is 0 Å². The molecule has 0 amide bonds. The largest absolute Gasteiger partial charge is 0.380 e. The number of aliphatic hydroxyl groups is 1. The van der Waals surface area contributed by atoms with Gasteiger partial charge in [0.2, 0.25) is 0 Å². The van der Waals surface area contributed by atoms with Gasteiger partial charge in [-0.1, -0.05) is 12.7 Å². The molecule has 1 aromatic heterocycles. The van der Waals surface area contributed by atoms with E-state index in [0.717, 1.165) is 17.0 Å². The van der Waals surface area contributed by atoms with E-state index in [0.29, 0.717) is 13.2 Å². The smallest absolute Gasteiger partial charge is 0.137 e. The summed E-state index contributed by atoms with van der Waals surface area (Å²) in [4.78, 5) is 1.99. The molecule has 0 aromatic carbocycles. The highest BCUT2D eigenvalue weighted by Crippen LogP contribution is 2.33. The average molecular weight is 247 g/mol. The van der Waals surface area contributed by atoms with Crippen molar-refractivity contribution in [2.24, 2.45) is 0 Å². The highest BCUT2D eigenvalue weighted by molar-refractivity contribution is 7.08. The average Bonchev–Trinajstić information content (AvgIpc) is 2.80. The minimum atomic E-state index is -0.828. The Kier molecular flexibility index (Phi) is 2.43. The van der Waals surface area contributed by atoms with E-state index in [2.05, 4.69) is 12.0 Å². The van der Waals surface area contributed by atoms with Gasteiger partial charge in [0.25, 0.3) is 0 Å². The quantitative estimate of drug-likeness (QED) is 0.870. The predicted octanol–water partition coefficient (Wildman–Crippen LogP) is 2.28. The van der Waals surface area contributed by atoms with Crippen LogP contribution in [-0.2, 0) is 4.74 Å². The molecule has 1 aromatic rings. The standard InChI is InChI=1S/C13H13NO2S/c1-10-2-3-11(13(15)8-16-9-13)6-14(10)12-4-5-17-7-12/h2-7,15H,1,8-9H2. The number of hydrogen-bond acceptors (Lipinski definition) is 4. The molecule has 3 nitrogen and oxygen atoms in total. The van der Waals surface area contributed by atoms with Crippen LogP contribution in [-0.4, -0.2) is 23.9 Å². The number of allylic oxidation sites excluding steroid dienone is 1. The van der Waals surface area contributed by atoms with E-state index >= 15 is 0 Å². The van der Waals surface area contributed by atoms with E-state index in [4.69, 9.17) is 4.74 Å². The summed E-state index contributed by atoms with van der Waals surface area (Å²) < 4.78 is 5.08. The summed E-state index contributed by atoms with van der Waals surface area (Å²) in [5.41, 5.74) is 2.02. The van der Waals surface area contributed by atoms with Crippen molar-refractivity contribution in [1.82, 2.24) is 0 Å². The maximum atomic E-state index is 10.2. The first-order valence-electron chi connectivity index (χ1n) is 5.40. The predicted molar refractivity (Wildman–Crippen MR) is 68.9 cm³/mol. The molecule has 0 saturated carbocycles. The third-order valence-electron chi connectivity index (χ3n) is 3.04. The Balaban J connectivity index is 1.94. The molecule has 1 saturated heterocycles. The molecular weight excluding hydrogens is 234 g/mol. The molecule has 4 heteroatoms. The van der Waals surface area contributed by atoms with Gasteiger partial charge < -0.3 is 14.7 Å². The lowest BCUT2D eigenvalue weighted by Gasteiger charge is -2.39. The highest BCUT2D eigenvalue weighted by atomic mass is 32.1. The summed E-state index contributed by atoms with van der Waals surface area (Å²) in [5, 5.41) is 14.3. The fraction of sp³-hybridized carbons (Fsp3) is 0.231. The molecule has 2 aliphatic heterocycles. The number of anilines is 1. The van der Waals surface area contributed by atoms with Crippen molar-refractivity contribution in [3.05, 3.63) is 53.0 Å². The van der Waals surface area contributed by atoms with Crippen molar-refractivity contribution in [3.8, 4) is 0 Å². The molecule has 1 fully saturated rings. The SMILES string of the molecule is C=C1C=CC(C2(O)COC2)=CN1c1ccsc1. The lowest BCUT2D eigenvalue weighted by Crippen LogP contribution is -2.51. The normalized spacial score (nSPS) is 22.3. The first kappa shape index (κ1) is 10.8. The van der Waals surface area contributed by atoms with Crippen LogP contribution < -0.4 is 4.90 Å². The molecule has 0 aliphatic carbocycles. The van der Waals surface area contributed by atoms with Crippen molar-refractivity contribution in [1.29, 1.82) is 0 Å². The topological polar surface area (TPSA) is 32.7 Å². The minimum absolute atomic E-state index is 0.368. The zero-order valence-electron chi connectivity index (χ0n) is 9.30. The van der Waals surface area contributed by atoms with E-state index in [1.165, 1.54) is 0 Å². The molecule has 3 rings (SSSR count). The Morgan fingerprint density at radius 3 is 2.82 bits per heavy atom. The van der Waals surface area contributed by atoms with Crippen molar-refractivity contribution in [3.63, 3.8) is 0 Å². The van der Waals surface area contributed by atoms with Gasteiger partial charge in [0, 0.05) is 22.9 Å². The molecule has 17 heavy (non-hydrogen) atoms. The minimum Gasteiger partial charge on any atom is -0.380 e. The first-order chi connectivity index (χ1) is 8.19. The van der Waals surface area contributed by atoms with Gasteiger partial charge in [-0.05, 0) is 17.5 Å².